The molecule has 0 radical (unpaired) electrons. The number of carbonyl (C=O) groups excluding carboxylic acids is 1. The van der Waals surface area contributed by atoms with Crippen LogP contribution >= 0.6 is 23.2 Å². The molecule has 0 atom stereocenters. The van der Waals surface area contributed by atoms with Crippen molar-refractivity contribution in [2.45, 2.75) is 18.3 Å². The van der Waals surface area contributed by atoms with Crippen LogP contribution in [0.5, 0.6) is 0 Å². The van der Waals surface area contributed by atoms with Crippen molar-refractivity contribution in [3.8, 4) is 0 Å². The lowest BCUT2D eigenvalue weighted by molar-refractivity contribution is 0.0950. The highest BCUT2D eigenvalue weighted by Gasteiger charge is 2.44. The predicted molar refractivity (Wildman–Crippen MR) is 86.1 cm³/mol. The third-order valence-corrected chi connectivity index (χ3v) is 4.84. The highest BCUT2D eigenvalue weighted by molar-refractivity contribution is 6.43. The SMILES string of the molecule is O=C(NCC1(c2ccccc2)CC1)c1cccc(Cl)c1Cl. The molecular weight excluding hydrogens is 305 g/mol. The van der Waals surface area contributed by atoms with E-state index in [1.54, 1.807) is 18.2 Å². The monoisotopic (exact) mass is 319 g/mol. The van der Waals surface area contributed by atoms with Gasteiger partial charge in [-0.05, 0) is 30.5 Å². The minimum atomic E-state index is -0.176. The van der Waals surface area contributed by atoms with Gasteiger partial charge in [0.2, 0.25) is 0 Å². The van der Waals surface area contributed by atoms with E-state index in [-0.39, 0.29) is 11.3 Å². The first-order valence-electron chi connectivity index (χ1n) is 6.90. The van der Waals surface area contributed by atoms with E-state index in [1.165, 1.54) is 5.56 Å². The van der Waals surface area contributed by atoms with Crippen molar-refractivity contribution in [1.82, 2.24) is 5.32 Å². The van der Waals surface area contributed by atoms with Gasteiger partial charge in [-0.15, -0.1) is 0 Å². The highest BCUT2D eigenvalue weighted by atomic mass is 35.5. The maximum Gasteiger partial charge on any atom is 0.252 e. The molecule has 3 rings (SSSR count). The third-order valence-electron chi connectivity index (χ3n) is 4.02. The minimum absolute atomic E-state index is 0.0853. The van der Waals surface area contributed by atoms with Crippen LogP contribution in [0.3, 0.4) is 0 Å². The molecule has 1 N–H and O–H groups in total. The van der Waals surface area contributed by atoms with Crippen LogP contribution in [0.15, 0.2) is 48.5 Å². The third kappa shape index (κ3) is 2.92. The first-order valence-corrected chi connectivity index (χ1v) is 7.66. The Bertz CT molecular complexity index is 666. The van der Waals surface area contributed by atoms with Crippen molar-refractivity contribution in [2.24, 2.45) is 0 Å². The molecule has 0 aliphatic heterocycles. The summed E-state index contributed by atoms with van der Waals surface area (Å²) in [7, 11) is 0. The van der Waals surface area contributed by atoms with Gasteiger partial charge in [0.05, 0.1) is 15.6 Å². The fourth-order valence-corrected chi connectivity index (χ4v) is 2.92. The molecule has 108 valence electrons. The van der Waals surface area contributed by atoms with Crippen molar-refractivity contribution in [2.75, 3.05) is 6.54 Å². The molecule has 0 spiro atoms. The average molecular weight is 320 g/mol. The minimum Gasteiger partial charge on any atom is -0.351 e. The van der Waals surface area contributed by atoms with Gasteiger partial charge in [-0.25, -0.2) is 0 Å². The summed E-state index contributed by atoms with van der Waals surface area (Å²) in [5, 5.41) is 3.69. The molecule has 21 heavy (non-hydrogen) atoms. The van der Waals surface area contributed by atoms with E-state index < -0.39 is 0 Å². The molecule has 2 nitrogen and oxygen atoms in total. The van der Waals surface area contributed by atoms with Gasteiger partial charge in [-0.3, -0.25) is 4.79 Å². The molecule has 4 heteroatoms. The van der Waals surface area contributed by atoms with Crippen molar-refractivity contribution < 1.29 is 4.79 Å². The zero-order valence-corrected chi connectivity index (χ0v) is 12.9. The topological polar surface area (TPSA) is 29.1 Å². The lowest BCUT2D eigenvalue weighted by atomic mass is 9.96. The Morgan fingerprint density at radius 1 is 1.05 bits per heavy atom. The van der Waals surface area contributed by atoms with Gasteiger partial charge in [0.1, 0.15) is 0 Å². The van der Waals surface area contributed by atoms with E-state index in [0.717, 1.165) is 12.8 Å². The molecule has 2 aromatic carbocycles. The van der Waals surface area contributed by atoms with Gasteiger partial charge in [0.15, 0.2) is 0 Å². The van der Waals surface area contributed by atoms with Crippen LogP contribution in [-0.4, -0.2) is 12.5 Å². The van der Waals surface area contributed by atoms with Crippen LogP contribution in [0, 0.1) is 0 Å². The maximum absolute atomic E-state index is 12.3. The number of amides is 1. The second-order valence-corrected chi connectivity index (χ2v) is 6.22. The molecule has 1 saturated carbocycles. The molecule has 0 unspecified atom stereocenters. The van der Waals surface area contributed by atoms with Crippen molar-refractivity contribution in [1.29, 1.82) is 0 Å². The number of rotatable bonds is 4. The van der Waals surface area contributed by atoms with E-state index in [9.17, 15) is 4.79 Å². The van der Waals surface area contributed by atoms with E-state index >= 15 is 0 Å². The Morgan fingerprint density at radius 3 is 2.43 bits per heavy atom. The van der Waals surface area contributed by atoms with E-state index in [2.05, 4.69) is 17.4 Å². The smallest absolute Gasteiger partial charge is 0.252 e. The zero-order chi connectivity index (χ0) is 14.9. The summed E-state index contributed by atoms with van der Waals surface area (Å²) in [6, 6.07) is 15.4. The summed E-state index contributed by atoms with van der Waals surface area (Å²) in [6.45, 7) is 0.624. The Labute approximate surface area is 134 Å². The molecule has 1 aliphatic carbocycles. The van der Waals surface area contributed by atoms with Crippen LogP contribution in [0.2, 0.25) is 10.0 Å². The van der Waals surface area contributed by atoms with Crippen molar-refractivity contribution in [3.63, 3.8) is 0 Å². The Kier molecular flexibility index (Phi) is 3.92. The quantitative estimate of drug-likeness (QED) is 0.886. The molecule has 2 aromatic rings. The van der Waals surface area contributed by atoms with Crippen LogP contribution in [0.4, 0.5) is 0 Å². The van der Waals surface area contributed by atoms with Crippen LogP contribution in [0.1, 0.15) is 28.8 Å². The van der Waals surface area contributed by atoms with Gasteiger partial charge in [0.25, 0.3) is 5.91 Å². The molecular formula is C17H15Cl2NO. The van der Waals surface area contributed by atoms with E-state index in [1.807, 2.05) is 18.2 Å². The van der Waals surface area contributed by atoms with Gasteiger partial charge >= 0.3 is 0 Å². The summed E-state index contributed by atoms with van der Waals surface area (Å²) >= 11 is 12.0. The standard InChI is InChI=1S/C17H15Cl2NO/c18-14-8-4-7-13(15(14)19)16(21)20-11-17(9-10-17)12-5-2-1-3-6-12/h1-8H,9-11H2,(H,20,21). The van der Waals surface area contributed by atoms with Crippen molar-refractivity contribution >= 4 is 29.1 Å². The number of hydrogen-bond acceptors (Lipinski definition) is 1. The lowest BCUT2D eigenvalue weighted by Crippen LogP contribution is -2.32. The van der Waals surface area contributed by atoms with Crippen LogP contribution in [-0.2, 0) is 5.41 Å². The highest BCUT2D eigenvalue weighted by Crippen LogP contribution is 2.47. The zero-order valence-electron chi connectivity index (χ0n) is 11.4. The fraction of sp³-hybridized carbons (Fsp3) is 0.235. The maximum atomic E-state index is 12.3. The normalized spacial score (nSPS) is 15.5. The summed E-state index contributed by atoms with van der Waals surface area (Å²) in [4.78, 5) is 12.3. The molecule has 0 bridgehead atoms. The summed E-state index contributed by atoms with van der Waals surface area (Å²) in [5.41, 5.74) is 1.79. The fourth-order valence-electron chi connectivity index (χ4n) is 2.53. The van der Waals surface area contributed by atoms with Crippen LogP contribution in [0.25, 0.3) is 0 Å². The van der Waals surface area contributed by atoms with Gasteiger partial charge in [0, 0.05) is 12.0 Å². The second kappa shape index (κ2) is 5.70. The summed E-state index contributed by atoms with van der Waals surface area (Å²) < 4.78 is 0. The van der Waals surface area contributed by atoms with Gasteiger partial charge in [-0.2, -0.15) is 0 Å². The molecule has 1 aliphatic rings. The average Bonchev–Trinajstić information content (AvgIpc) is 3.30. The number of hydrogen-bond donors (Lipinski definition) is 1. The molecule has 0 saturated heterocycles. The Morgan fingerprint density at radius 2 is 1.76 bits per heavy atom. The number of benzene rings is 2. The number of halogens is 2. The largest absolute Gasteiger partial charge is 0.351 e. The summed E-state index contributed by atoms with van der Waals surface area (Å²) in [6.07, 6.45) is 2.20. The van der Waals surface area contributed by atoms with E-state index in [0.29, 0.717) is 22.2 Å². The number of carbonyl (C=O) groups is 1. The van der Waals surface area contributed by atoms with Crippen LogP contribution < -0.4 is 5.32 Å². The number of nitrogens with one attached hydrogen (secondary N) is 1. The van der Waals surface area contributed by atoms with E-state index in [4.69, 9.17) is 23.2 Å². The van der Waals surface area contributed by atoms with Gasteiger partial charge < -0.3 is 5.32 Å². The second-order valence-electron chi connectivity index (χ2n) is 5.43. The molecule has 1 fully saturated rings. The Hall–Kier alpha value is -1.51. The summed E-state index contributed by atoms with van der Waals surface area (Å²) in [5.74, 6) is -0.176. The van der Waals surface area contributed by atoms with Gasteiger partial charge in [-0.1, -0.05) is 59.6 Å². The molecule has 0 heterocycles. The first-order chi connectivity index (χ1) is 10.1. The lowest BCUT2D eigenvalue weighted by Gasteiger charge is -2.17. The molecule has 0 aromatic heterocycles. The Balaban J connectivity index is 1.71. The molecule has 1 amide bonds. The van der Waals surface area contributed by atoms with Crippen molar-refractivity contribution in [3.05, 3.63) is 69.7 Å². The first kappa shape index (κ1) is 14.4. The predicted octanol–water partition coefficient (Wildman–Crippen LogP) is 4.46.